The fraction of sp³-hybridized carbons (Fsp3) is 0.600. The highest BCUT2D eigenvalue weighted by Crippen LogP contribution is 2.10. The van der Waals surface area contributed by atoms with Crippen LogP contribution in [-0.2, 0) is 20.0 Å². The van der Waals surface area contributed by atoms with Gasteiger partial charge in [-0.25, -0.2) is 25.9 Å². The topological polar surface area (TPSA) is 83.6 Å². The Morgan fingerprint density at radius 1 is 1.00 bits per heavy atom. The van der Waals surface area contributed by atoms with E-state index in [4.69, 9.17) is 0 Å². The van der Waals surface area contributed by atoms with Crippen LogP contribution < -0.4 is 4.72 Å². The van der Waals surface area contributed by atoms with Crippen LogP contribution in [0.15, 0.2) is 29.2 Å². The maximum atomic E-state index is 12.2. The van der Waals surface area contributed by atoms with E-state index in [0.717, 1.165) is 31.1 Å². The Balaban J connectivity index is 2.62. The highest BCUT2D eigenvalue weighted by atomic mass is 32.2. The van der Waals surface area contributed by atoms with Crippen molar-refractivity contribution < 1.29 is 16.8 Å². The second-order valence-electron chi connectivity index (χ2n) is 5.58. The molecular weight excluding hydrogens is 336 g/mol. The molecular formula is C15H26N2O4S2. The number of hydrogen-bond acceptors (Lipinski definition) is 4. The summed E-state index contributed by atoms with van der Waals surface area (Å²) < 4.78 is 51.6. The molecule has 0 aliphatic heterocycles. The van der Waals surface area contributed by atoms with Gasteiger partial charge in [-0.15, -0.1) is 0 Å². The van der Waals surface area contributed by atoms with Crippen LogP contribution in [0, 0.1) is 6.92 Å². The molecule has 0 aliphatic rings. The molecule has 23 heavy (non-hydrogen) atoms. The van der Waals surface area contributed by atoms with Gasteiger partial charge in [-0.1, -0.05) is 37.5 Å². The Morgan fingerprint density at radius 2 is 1.61 bits per heavy atom. The average Bonchev–Trinajstić information content (AvgIpc) is 2.45. The Morgan fingerprint density at radius 3 is 2.13 bits per heavy atom. The Bertz CT molecular complexity index is 683. The molecule has 1 rings (SSSR count). The number of nitrogens with one attached hydrogen (secondary N) is 1. The third kappa shape index (κ3) is 6.99. The summed E-state index contributed by atoms with van der Waals surface area (Å²) in [5.74, 6) is 0. The minimum atomic E-state index is -3.61. The highest BCUT2D eigenvalue weighted by Gasteiger charge is 2.18. The van der Waals surface area contributed by atoms with E-state index in [0.29, 0.717) is 6.54 Å². The molecule has 0 bridgehead atoms. The van der Waals surface area contributed by atoms with Gasteiger partial charge in [0.1, 0.15) is 0 Å². The lowest BCUT2D eigenvalue weighted by Gasteiger charge is -2.20. The van der Waals surface area contributed by atoms with Gasteiger partial charge in [0.05, 0.1) is 11.2 Å². The van der Waals surface area contributed by atoms with E-state index in [9.17, 15) is 16.8 Å². The summed E-state index contributed by atoms with van der Waals surface area (Å²) in [6.07, 6.45) is 3.86. The van der Waals surface area contributed by atoms with Crippen molar-refractivity contribution in [1.82, 2.24) is 9.03 Å². The summed E-state index contributed by atoms with van der Waals surface area (Å²) in [5, 5.41) is 0. The largest absolute Gasteiger partial charge is 0.240 e. The van der Waals surface area contributed by atoms with Crippen molar-refractivity contribution in [2.24, 2.45) is 0 Å². The zero-order chi connectivity index (χ0) is 17.5. The van der Waals surface area contributed by atoms with Crippen LogP contribution in [0.5, 0.6) is 0 Å². The van der Waals surface area contributed by atoms with Gasteiger partial charge in [0.25, 0.3) is 0 Å². The second kappa shape index (κ2) is 8.77. The first-order valence-corrected chi connectivity index (χ1v) is 11.0. The summed E-state index contributed by atoms with van der Waals surface area (Å²) in [5.41, 5.74) is 0.975. The summed E-state index contributed by atoms with van der Waals surface area (Å²) in [6, 6.07) is 6.52. The lowest BCUT2D eigenvalue weighted by Crippen LogP contribution is -2.38. The maximum Gasteiger partial charge on any atom is 0.240 e. The number of rotatable bonds is 10. The van der Waals surface area contributed by atoms with Crippen molar-refractivity contribution in [2.45, 2.75) is 38.0 Å². The molecule has 1 aromatic carbocycles. The van der Waals surface area contributed by atoms with Gasteiger partial charge in [-0.05, 0) is 25.5 Å². The Kier molecular flexibility index (Phi) is 7.66. The first kappa shape index (κ1) is 20.1. The summed E-state index contributed by atoms with van der Waals surface area (Å²) in [4.78, 5) is 0.181. The van der Waals surface area contributed by atoms with Crippen molar-refractivity contribution in [1.29, 1.82) is 0 Å². The minimum Gasteiger partial charge on any atom is -0.213 e. The van der Waals surface area contributed by atoms with Gasteiger partial charge >= 0.3 is 0 Å². The van der Waals surface area contributed by atoms with E-state index in [-0.39, 0.29) is 18.0 Å². The molecule has 8 heteroatoms. The van der Waals surface area contributed by atoms with Gasteiger partial charge in [0, 0.05) is 19.6 Å². The van der Waals surface area contributed by atoms with Crippen molar-refractivity contribution in [3.8, 4) is 0 Å². The van der Waals surface area contributed by atoms with Crippen LogP contribution in [0.1, 0.15) is 31.7 Å². The number of hydrogen-bond donors (Lipinski definition) is 1. The van der Waals surface area contributed by atoms with E-state index in [1.165, 1.54) is 16.4 Å². The normalized spacial score (nSPS) is 12.7. The monoisotopic (exact) mass is 362 g/mol. The van der Waals surface area contributed by atoms with Crippen molar-refractivity contribution in [2.75, 3.05) is 25.9 Å². The fourth-order valence-corrected chi connectivity index (χ4v) is 3.99. The number of unbranched alkanes of at least 4 members (excludes halogenated alkanes) is 2. The third-order valence-corrected chi connectivity index (χ3v) is 6.24. The summed E-state index contributed by atoms with van der Waals surface area (Å²) >= 11 is 0. The third-order valence-electron chi connectivity index (χ3n) is 3.46. The van der Waals surface area contributed by atoms with Crippen LogP contribution in [0.2, 0.25) is 0 Å². The van der Waals surface area contributed by atoms with Crippen LogP contribution in [0.25, 0.3) is 0 Å². The quantitative estimate of drug-likeness (QED) is 0.643. The van der Waals surface area contributed by atoms with Gasteiger partial charge in [-0.3, -0.25) is 0 Å². The van der Waals surface area contributed by atoms with Crippen LogP contribution in [-0.4, -0.2) is 47.0 Å². The van der Waals surface area contributed by atoms with Crippen LogP contribution in [0.4, 0.5) is 0 Å². The second-order valence-corrected chi connectivity index (χ2v) is 9.33. The van der Waals surface area contributed by atoms with Crippen molar-refractivity contribution >= 4 is 20.0 Å². The lowest BCUT2D eigenvalue weighted by molar-refractivity contribution is 0.405. The average molecular weight is 363 g/mol. The van der Waals surface area contributed by atoms with Gasteiger partial charge < -0.3 is 0 Å². The first-order valence-electron chi connectivity index (χ1n) is 7.68. The molecule has 0 aliphatic carbocycles. The van der Waals surface area contributed by atoms with Gasteiger partial charge in [0.2, 0.25) is 20.0 Å². The molecule has 132 valence electrons. The van der Waals surface area contributed by atoms with Crippen LogP contribution in [0.3, 0.4) is 0 Å². The van der Waals surface area contributed by atoms with Crippen LogP contribution >= 0.6 is 0 Å². The number of sulfonamides is 2. The molecule has 0 fully saturated rings. The molecule has 0 unspecified atom stereocenters. The summed E-state index contributed by atoms with van der Waals surface area (Å²) in [6.45, 7) is 4.52. The predicted molar refractivity (Wildman–Crippen MR) is 92.3 cm³/mol. The zero-order valence-corrected chi connectivity index (χ0v) is 15.6. The Labute approximate surface area is 140 Å². The molecule has 0 heterocycles. The fourth-order valence-electron chi connectivity index (χ4n) is 2.09. The highest BCUT2D eigenvalue weighted by molar-refractivity contribution is 7.89. The number of aryl methyl sites for hydroxylation is 1. The van der Waals surface area contributed by atoms with E-state index in [1.807, 2.05) is 13.8 Å². The Hall–Kier alpha value is -0.960. The number of benzene rings is 1. The molecule has 0 aromatic heterocycles. The molecule has 0 spiro atoms. The standard InChI is InChI=1S/C15H26N2O4S2/c1-4-5-6-12-17(22(3,18)19)13-11-16-23(20,21)15-9-7-14(2)8-10-15/h7-10,16H,4-6,11-13H2,1-3H3. The molecule has 1 aromatic rings. The molecule has 0 atom stereocenters. The summed E-state index contributed by atoms with van der Waals surface area (Å²) in [7, 11) is -6.95. The first-order chi connectivity index (χ1) is 10.7. The maximum absolute atomic E-state index is 12.2. The van der Waals surface area contributed by atoms with E-state index in [2.05, 4.69) is 4.72 Å². The van der Waals surface area contributed by atoms with Crippen molar-refractivity contribution in [3.05, 3.63) is 29.8 Å². The molecule has 6 nitrogen and oxygen atoms in total. The van der Waals surface area contributed by atoms with E-state index < -0.39 is 20.0 Å². The van der Waals surface area contributed by atoms with Gasteiger partial charge in [-0.2, -0.15) is 0 Å². The SMILES string of the molecule is CCCCCN(CCNS(=O)(=O)c1ccc(C)cc1)S(C)(=O)=O. The van der Waals surface area contributed by atoms with E-state index in [1.54, 1.807) is 12.1 Å². The van der Waals surface area contributed by atoms with Crippen molar-refractivity contribution in [3.63, 3.8) is 0 Å². The van der Waals surface area contributed by atoms with Gasteiger partial charge in [0.15, 0.2) is 0 Å². The number of nitrogens with zero attached hydrogens (tertiary/aromatic N) is 1. The molecule has 1 N–H and O–H groups in total. The predicted octanol–water partition coefficient (Wildman–Crippen LogP) is 1.73. The lowest BCUT2D eigenvalue weighted by atomic mass is 10.2. The molecule has 0 saturated carbocycles. The smallest absolute Gasteiger partial charge is 0.213 e. The molecule has 0 radical (unpaired) electrons. The molecule has 0 amide bonds. The zero-order valence-electron chi connectivity index (χ0n) is 13.9. The minimum absolute atomic E-state index is 0.0510. The van der Waals surface area contributed by atoms with E-state index >= 15 is 0 Å². The molecule has 0 saturated heterocycles.